The number of nitrogens with two attached hydrogens (primary N) is 1. The first kappa shape index (κ1) is 10.2. The molecule has 0 saturated carbocycles. The Balaban J connectivity index is 2.55. The van der Waals surface area contributed by atoms with E-state index in [0.717, 1.165) is 11.1 Å². The van der Waals surface area contributed by atoms with Gasteiger partial charge in [-0.2, -0.15) is 0 Å². The van der Waals surface area contributed by atoms with E-state index < -0.39 is 0 Å². The number of aromatic nitrogens is 1. The molecule has 1 aromatic carbocycles. The summed E-state index contributed by atoms with van der Waals surface area (Å²) in [6, 6.07) is 8.13. The zero-order valence-corrected chi connectivity index (χ0v) is 8.85. The van der Waals surface area contributed by atoms with Crippen molar-refractivity contribution in [1.29, 1.82) is 0 Å². The Labute approximate surface area is 89.1 Å². The molecule has 80 valence electrons. The monoisotopic (exact) mass is 204 g/mol. The number of hydrogen-bond acceptors (Lipinski definition) is 2. The molecule has 1 atom stereocenters. The predicted molar refractivity (Wildman–Crippen MR) is 61.5 cm³/mol. The van der Waals surface area contributed by atoms with Crippen LogP contribution < -0.4 is 5.73 Å². The SMILES string of the molecule is CC(O)Cn1cc(CN)c2ccccc21. The summed E-state index contributed by atoms with van der Waals surface area (Å²) in [6.07, 6.45) is 1.68. The van der Waals surface area contributed by atoms with Gasteiger partial charge in [-0.25, -0.2) is 0 Å². The third-order valence-corrected chi connectivity index (χ3v) is 2.55. The van der Waals surface area contributed by atoms with Crippen molar-refractivity contribution in [1.82, 2.24) is 4.57 Å². The van der Waals surface area contributed by atoms with Crippen LogP contribution in [0.15, 0.2) is 30.5 Å². The van der Waals surface area contributed by atoms with Gasteiger partial charge in [0, 0.05) is 30.2 Å². The summed E-state index contributed by atoms with van der Waals surface area (Å²) in [5.41, 5.74) is 7.95. The summed E-state index contributed by atoms with van der Waals surface area (Å²) >= 11 is 0. The van der Waals surface area contributed by atoms with Crippen molar-refractivity contribution in [3.05, 3.63) is 36.0 Å². The maximum Gasteiger partial charge on any atom is 0.0691 e. The molecule has 0 aliphatic rings. The third-order valence-electron chi connectivity index (χ3n) is 2.55. The number of aliphatic hydroxyl groups is 1. The van der Waals surface area contributed by atoms with E-state index in [9.17, 15) is 5.11 Å². The Bertz CT molecular complexity index is 460. The van der Waals surface area contributed by atoms with E-state index >= 15 is 0 Å². The van der Waals surface area contributed by atoms with Crippen LogP contribution in [0.2, 0.25) is 0 Å². The van der Waals surface area contributed by atoms with Gasteiger partial charge in [0.15, 0.2) is 0 Å². The molecular weight excluding hydrogens is 188 g/mol. The van der Waals surface area contributed by atoms with Gasteiger partial charge in [-0.15, -0.1) is 0 Å². The summed E-state index contributed by atoms with van der Waals surface area (Å²) in [7, 11) is 0. The number of fused-ring (bicyclic) bond motifs is 1. The first-order valence-electron chi connectivity index (χ1n) is 5.17. The minimum atomic E-state index is -0.341. The molecule has 0 saturated heterocycles. The molecular formula is C12H16N2O. The van der Waals surface area contributed by atoms with E-state index in [-0.39, 0.29) is 6.10 Å². The zero-order chi connectivity index (χ0) is 10.8. The van der Waals surface area contributed by atoms with Crippen molar-refractivity contribution in [2.45, 2.75) is 26.1 Å². The van der Waals surface area contributed by atoms with Crippen LogP contribution in [-0.4, -0.2) is 15.8 Å². The van der Waals surface area contributed by atoms with E-state index in [1.807, 2.05) is 18.3 Å². The lowest BCUT2D eigenvalue weighted by Crippen LogP contribution is -2.10. The highest BCUT2D eigenvalue weighted by atomic mass is 16.3. The van der Waals surface area contributed by atoms with Crippen molar-refractivity contribution < 1.29 is 5.11 Å². The Morgan fingerprint density at radius 2 is 2.13 bits per heavy atom. The van der Waals surface area contributed by atoms with Crippen molar-refractivity contribution in [3.63, 3.8) is 0 Å². The van der Waals surface area contributed by atoms with Crippen molar-refractivity contribution in [2.75, 3.05) is 0 Å². The Hall–Kier alpha value is -1.32. The van der Waals surface area contributed by atoms with Crippen molar-refractivity contribution in [3.8, 4) is 0 Å². The molecule has 0 bridgehead atoms. The minimum absolute atomic E-state index is 0.341. The number of hydrogen-bond donors (Lipinski definition) is 2. The fraction of sp³-hybridized carbons (Fsp3) is 0.333. The van der Waals surface area contributed by atoms with Gasteiger partial charge in [-0.05, 0) is 18.6 Å². The van der Waals surface area contributed by atoms with Crippen LogP contribution in [0.4, 0.5) is 0 Å². The molecule has 2 rings (SSSR count). The van der Waals surface area contributed by atoms with Crippen LogP contribution in [0.1, 0.15) is 12.5 Å². The highest BCUT2D eigenvalue weighted by Crippen LogP contribution is 2.21. The number of rotatable bonds is 3. The lowest BCUT2D eigenvalue weighted by Gasteiger charge is -2.06. The lowest BCUT2D eigenvalue weighted by molar-refractivity contribution is 0.175. The Kier molecular flexibility index (Phi) is 2.75. The van der Waals surface area contributed by atoms with Gasteiger partial charge in [-0.3, -0.25) is 0 Å². The summed E-state index contributed by atoms with van der Waals surface area (Å²) in [5.74, 6) is 0. The summed E-state index contributed by atoms with van der Waals surface area (Å²) in [6.45, 7) is 2.94. The van der Waals surface area contributed by atoms with Crippen LogP contribution in [0.5, 0.6) is 0 Å². The second-order valence-electron chi connectivity index (χ2n) is 3.88. The Morgan fingerprint density at radius 3 is 2.80 bits per heavy atom. The quantitative estimate of drug-likeness (QED) is 0.795. The average Bonchev–Trinajstić information content (AvgIpc) is 2.56. The van der Waals surface area contributed by atoms with Crippen molar-refractivity contribution in [2.24, 2.45) is 5.73 Å². The lowest BCUT2D eigenvalue weighted by atomic mass is 10.2. The van der Waals surface area contributed by atoms with E-state index in [1.54, 1.807) is 6.92 Å². The molecule has 0 radical (unpaired) electrons. The average molecular weight is 204 g/mol. The van der Waals surface area contributed by atoms with Crippen molar-refractivity contribution >= 4 is 10.9 Å². The molecule has 3 heteroatoms. The van der Waals surface area contributed by atoms with Crippen LogP contribution in [0, 0.1) is 0 Å². The molecule has 1 aromatic heterocycles. The zero-order valence-electron chi connectivity index (χ0n) is 8.85. The first-order chi connectivity index (χ1) is 7.22. The van der Waals surface area contributed by atoms with Crippen LogP contribution in [0.25, 0.3) is 10.9 Å². The highest BCUT2D eigenvalue weighted by molar-refractivity contribution is 5.83. The van der Waals surface area contributed by atoms with Gasteiger partial charge in [0.25, 0.3) is 0 Å². The molecule has 2 aromatic rings. The second kappa shape index (κ2) is 4.04. The van der Waals surface area contributed by atoms with E-state index in [4.69, 9.17) is 5.73 Å². The van der Waals surface area contributed by atoms with Gasteiger partial charge in [0.2, 0.25) is 0 Å². The molecule has 0 amide bonds. The fourth-order valence-corrected chi connectivity index (χ4v) is 1.92. The Morgan fingerprint density at radius 1 is 1.40 bits per heavy atom. The molecule has 0 aliphatic carbocycles. The molecule has 0 spiro atoms. The summed E-state index contributed by atoms with van der Waals surface area (Å²) in [4.78, 5) is 0. The molecule has 3 N–H and O–H groups in total. The summed E-state index contributed by atoms with van der Waals surface area (Å²) in [5, 5.41) is 10.6. The molecule has 0 aliphatic heterocycles. The topological polar surface area (TPSA) is 51.2 Å². The van der Waals surface area contributed by atoms with E-state index in [0.29, 0.717) is 13.1 Å². The maximum atomic E-state index is 9.40. The minimum Gasteiger partial charge on any atom is -0.392 e. The van der Waals surface area contributed by atoms with Gasteiger partial charge in [-0.1, -0.05) is 18.2 Å². The maximum absolute atomic E-state index is 9.40. The summed E-state index contributed by atoms with van der Waals surface area (Å²) < 4.78 is 2.06. The second-order valence-corrected chi connectivity index (χ2v) is 3.88. The molecule has 3 nitrogen and oxygen atoms in total. The number of para-hydroxylation sites is 1. The number of benzene rings is 1. The molecule has 0 fully saturated rings. The number of nitrogens with zero attached hydrogens (tertiary/aromatic N) is 1. The molecule has 1 heterocycles. The third kappa shape index (κ3) is 1.89. The number of aliphatic hydroxyl groups excluding tert-OH is 1. The smallest absolute Gasteiger partial charge is 0.0691 e. The van der Waals surface area contributed by atoms with Gasteiger partial charge in [0.05, 0.1) is 6.10 Å². The van der Waals surface area contributed by atoms with E-state index in [2.05, 4.69) is 16.7 Å². The normalized spacial score (nSPS) is 13.3. The van der Waals surface area contributed by atoms with Gasteiger partial charge >= 0.3 is 0 Å². The van der Waals surface area contributed by atoms with E-state index in [1.165, 1.54) is 5.39 Å². The van der Waals surface area contributed by atoms with Crippen LogP contribution >= 0.6 is 0 Å². The molecule has 1 unspecified atom stereocenters. The highest BCUT2D eigenvalue weighted by Gasteiger charge is 2.07. The molecule has 15 heavy (non-hydrogen) atoms. The van der Waals surface area contributed by atoms with Gasteiger partial charge in [0.1, 0.15) is 0 Å². The first-order valence-corrected chi connectivity index (χ1v) is 5.17. The van der Waals surface area contributed by atoms with Crippen LogP contribution in [-0.2, 0) is 13.1 Å². The predicted octanol–water partition coefficient (Wildman–Crippen LogP) is 1.48. The fourth-order valence-electron chi connectivity index (χ4n) is 1.92. The largest absolute Gasteiger partial charge is 0.392 e. The van der Waals surface area contributed by atoms with Gasteiger partial charge < -0.3 is 15.4 Å². The standard InChI is InChI=1S/C12H16N2O/c1-9(15)7-14-8-10(6-13)11-4-2-3-5-12(11)14/h2-5,8-9,15H,6-7,13H2,1H3. The van der Waals surface area contributed by atoms with Crippen LogP contribution in [0.3, 0.4) is 0 Å².